The molecular weight excluding hydrogens is 264 g/mol. The molecule has 2 unspecified atom stereocenters. The van der Waals surface area contributed by atoms with Crippen LogP contribution in [0.15, 0.2) is 18.2 Å². The average Bonchev–Trinajstić information content (AvgIpc) is 2.43. The van der Waals surface area contributed by atoms with Crippen LogP contribution in [0.1, 0.15) is 25.3 Å². The van der Waals surface area contributed by atoms with Crippen LogP contribution in [0, 0.1) is 17.6 Å². The lowest BCUT2D eigenvalue weighted by Gasteiger charge is -2.35. The first-order valence-corrected chi connectivity index (χ1v) is 6.91. The van der Waals surface area contributed by atoms with Crippen LogP contribution in [0.3, 0.4) is 0 Å². The number of benzene rings is 1. The summed E-state index contributed by atoms with van der Waals surface area (Å²) in [4.78, 5) is 13.7. The topological polar surface area (TPSA) is 40.5 Å². The quantitative estimate of drug-likeness (QED) is 0.923. The number of rotatable bonds is 3. The van der Waals surface area contributed by atoms with Gasteiger partial charge < -0.3 is 10.0 Å². The Balaban J connectivity index is 2.05. The van der Waals surface area contributed by atoms with E-state index in [1.54, 1.807) is 4.90 Å². The number of halogens is 2. The molecule has 0 radical (unpaired) electrons. The summed E-state index contributed by atoms with van der Waals surface area (Å²) in [6.45, 7) is 2.84. The van der Waals surface area contributed by atoms with Crippen LogP contribution in [-0.4, -0.2) is 35.1 Å². The molecule has 1 aliphatic rings. The third-order valence-corrected chi connectivity index (χ3v) is 3.96. The molecule has 0 aromatic heterocycles. The van der Waals surface area contributed by atoms with Gasteiger partial charge in [-0.25, -0.2) is 8.78 Å². The van der Waals surface area contributed by atoms with Gasteiger partial charge in [-0.05, 0) is 25.0 Å². The van der Waals surface area contributed by atoms with Crippen LogP contribution >= 0.6 is 0 Å². The molecule has 0 aliphatic carbocycles. The van der Waals surface area contributed by atoms with E-state index >= 15 is 0 Å². The lowest BCUT2D eigenvalue weighted by Crippen LogP contribution is -2.46. The molecule has 3 nitrogen and oxygen atoms in total. The summed E-state index contributed by atoms with van der Waals surface area (Å²) in [5.74, 6) is -1.64. The highest BCUT2D eigenvalue weighted by Crippen LogP contribution is 2.21. The van der Waals surface area contributed by atoms with Crippen molar-refractivity contribution in [3.05, 3.63) is 35.4 Å². The van der Waals surface area contributed by atoms with Gasteiger partial charge in [0.1, 0.15) is 11.6 Å². The summed E-state index contributed by atoms with van der Waals surface area (Å²) in [6.07, 6.45) is 0.628. The Morgan fingerprint density at radius 3 is 2.65 bits per heavy atom. The van der Waals surface area contributed by atoms with Crippen LogP contribution in [0.2, 0.25) is 0 Å². The standard InChI is InChI=1S/C15H19F2NO2/c1-2-10-9-18(7-6-14(10)19)15(20)8-11-12(16)4-3-5-13(11)17/h3-5,10,14,19H,2,6-9H2,1H3. The van der Waals surface area contributed by atoms with E-state index in [1.807, 2.05) is 6.92 Å². The maximum Gasteiger partial charge on any atom is 0.227 e. The second-order valence-corrected chi connectivity index (χ2v) is 5.24. The van der Waals surface area contributed by atoms with Gasteiger partial charge in [0.25, 0.3) is 0 Å². The van der Waals surface area contributed by atoms with Crippen molar-refractivity contribution in [3.8, 4) is 0 Å². The van der Waals surface area contributed by atoms with Crippen molar-refractivity contribution in [2.45, 2.75) is 32.3 Å². The summed E-state index contributed by atoms with van der Waals surface area (Å²) in [6, 6.07) is 3.59. The summed E-state index contributed by atoms with van der Waals surface area (Å²) in [7, 11) is 0. The zero-order valence-electron chi connectivity index (χ0n) is 11.5. The molecule has 5 heteroatoms. The minimum absolute atomic E-state index is 0.0400. The summed E-state index contributed by atoms with van der Waals surface area (Å²) in [5.41, 5.74) is -0.184. The number of piperidine rings is 1. The number of hydrogen-bond donors (Lipinski definition) is 1. The molecule has 2 rings (SSSR count). The first-order chi connectivity index (χ1) is 9.52. The Hall–Kier alpha value is -1.49. The van der Waals surface area contributed by atoms with Gasteiger partial charge in [-0.2, -0.15) is 0 Å². The number of aliphatic hydroxyl groups is 1. The number of carbonyl (C=O) groups is 1. The number of hydrogen-bond acceptors (Lipinski definition) is 2. The first kappa shape index (κ1) is 14.9. The maximum absolute atomic E-state index is 13.5. The molecule has 1 saturated heterocycles. The molecule has 1 fully saturated rings. The Kier molecular flexibility index (Phi) is 4.70. The van der Waals surface area contributed by atoms with E-state index in [2.05, 4.69) is 0 Å². The third kappa shape index (κ3) is 3.15. The lowest BCUT2D eigenvalue weighted by molar-refractivity contribution is -0.134. The second kappa shape index (κ2) is 6.31. The molecule has 1 heterocycles. The Labute approximate surface area is 117 Å². The number of nitrogens with zero attached hydrogens (tertiary/aromatic N) is 1. The molecule has 1 amide bonds. The smallest absolute Gasteiger partial charge is 0.227 e. The van der Waals surface area contributed by atoms with E-state index in [0.717, 1.165) is 18.6 Å². The molecule has 1 N–H and O–H groups in total. The Bertz CT molecular complexity index is 473. The van der Waals surface area contributed by atoms with Gasteiger partial charge in [-0.1, -0.05) is 13.0 Å². The fourth-order valence-electron chi connectivity index (χ4n) is 2.61. The molecule has 0 saturated carbocycles. The van der Waals surface area contributed by atoms with Gasteiger partial charge in [0.05, 0.1) is 12.5 Å². The molecule has 2 atom stereocenters. The average molecular weight is 283 g/mol. The monoisotopic (exact) mass is 283 g/mol. The largest absolute Gasteiger partial charge is 0.393 e. The first-order valence-electron chi connectivity index (χ1n) is 6.91. The van der Waals surface area contributed by atoms with Crippen molar-refractivity contribution in [2.24, 2.45) is 5.92 Å². The van der Waals surface area contributed by atoms with E-state index in [1.165, 1.54) is 6.07 Å². The predicted molar refractivity (Wildman–Crippen MR) is 71.0 cm³/mol. The highest BCUT2D eigenvalue weighted by molar-refractivity contribution is 5.79. The summed E-state index contributed by atoms with van der Waals surface area (Å²) < 4.78 is 27.1. The van der Waals surface area contributed by atoms with Crippen molar-refractivity contribution in [2.75, 3.05) is 13.1 Å². The normalized spacial score (nSPS) is 22.9. The van der Waals surface area contributed by atoms with E-state index in [-0.39, 0.29) is 23.8 Å². The van der Waals surface area contributed by atoms with Gasteiger partial charge in [-0.3, -0.25) is 4.79 Å². The molecule has 1 aliphatic heterocycles. The Morgan fingerprint density at radius 2 is 2.05 bits per heavy atom. The van der Waals surface area contributed by atoms with E-state index in [9.17, 15) is 18.7 Å². The molecular formula is C15H19F2NO2. The summed E-state index contributed by atoms with van der Waals surface area (Å²) >= 11 is 0. The highest BCUT2D eigenvalue weighted by atomic mass is 19.1. The van der Waals surface area contributed by atoms with Crippen LogP contribution in [0.25, 0.3) is 0 Å². The number of carbonyl (C=O) groups excluding carboxylic acids is 1. The highest BCUT2D eigenvalue weighted by Gasteiger charge is 2.29. The lowest BCUT2D eigenvalue weighted by atomic mass is 9.92. The van der Waals surface area contributed by atoms with E-state index < -0.39 is 17.7 Å². The molecule has 0 bridgehead atoms. The van der Waals surface area contributed by atoms with Crippen LogP contribution in [0.5, 0.6) is 0 Å². The SMILES string of the molecule is CCC1CN(C(=O)Cc2c(F)cccc2F)CCC1O. The molecule has 0 spiro atoms. The predicted octanol–water partition coefficient (Wildman–Crippen LogP) is 2.13. The second-order valence-electron chi connectivity index (χ2n) is 5.24. The van der Waals surface area contributed by atoms with Gasteiger partial charge in [0, 0.05) is 24.6 Å². The molecule has 110 valence electrons. The molecule has 1 aromatic rings. The zero-order chi connectivity index (χ0) is 14.7. The van der Waals surface area contributed by atoms with Crippen LogP contribution < -0.4 is 0 Å². The third-order valence-electron chi connectivity index (χ3n) is 3.96. The van der Waals surface area contributed by atoms with Crippen molar-refractivity contribution >= 4 is 5.91 Å². The van der Waals surface area contributed by atoms with Crippen molar-refractivity contribution in [1.29, 1.82) is 0 Å². The maximum atomic E-state index is 13.5. The fraction of sp³-hybridized carbons (Fsp3) is 0.533. The van der Waals surface area contributed by atoms with Crippen molar-refractivity contribution < 1.29 is 18.7 Å². The minimum atomic E-state index is -0.692. The molecule has 20 heavy (non-hydrogen) atoms. The van der Waals surface area contributed by atoms with E-state index in [4.69, 9.17) is 0 Å². The fourth-order valence-corrected chi connectivity index (χ4v) is 2.61. The van der Waals surface area contributed by atoms with E-state index in [0.29, 0.717) is 19.5 Å². The van der Waals surface area contributed by atoms with Gasteiger partial charge in [0.15, 0.2) is 0 Å². The van der Waals surface area contributed by atoms with Crippen LogP contribution in [0.4, 0.5) is 8.78 Å². The Morgan fingerprint density at radius 1 is 1.40 bits per heavy atom. The zero-order valence-corrected chi connectivity index (χ0v) is 11.5. The summed E-state index contributed by atoms with van der Waals surface area (Å²) in [5, 5.41) is 9.79. The van der Waals surface area contributed by atoms with Gasteiger partial charge in [0.2, 0.25) is 5.91 Å². The van der Waals surface area contributed by atoms with Gasteiger partial charge in [-0.15, -0.1) is 0 Å². The number of aliphatic hydroxyl groups excluding tert-OH is 1. The minimum Gasteiger partial charge on any atom is -0.393 e. The molecule has 1 aromatic carbocycles. The van der Waals surface area contributed by atoms with Gasteiger partial charge >= 0.3 is 0 Å². The van der Waals surface area contributed by atoms with Crippen molar-refractivity contribution in [3.63, 3.8) is 0 Å². The number of likely N-dealkylation sites (tertiary alicyclic amines) is 1. The van der Waals surface area contributed by atoms with Crippen LogP contribution in [-0.2, 0) is 11.2 Å². The van der Waals surface area contributed by atoms with Crippen molar-refractivity contribution in [1.82, 2.24) is 4.90 Å². The number of amides is 1.